The maximum Gasteiger partial charge on any atom is 0.295 e. The van der Waals surface area contributed by atoms with E-state index >= 15 is 0 Å². The largest absolute Gasteiger partial charge is 0.632 e. The molecule has 0 bridgehead atoms. The summed E-state index contributed by atoms with van der Waals surface area (Å²) in [6.07, 6.45) is -1.33. The average molecular weight is 336 g/mol. The van der Waals surface area contributed by atoms with Crippen LogP contribution in [0.4, 0.5) is 4.79 Å². The zero-order chi connectivity index (χ0) is 6.28. The van der Waals surface area contributed by atoms with Gasteiger partial charge in [0.2, 0.25) is 6.09 Å². The molecule has 0 fully saturated rings. The molecule has 0 aromatic rings. The van der Waals surface area contributed by atoms with Gasteiger partial charge in [-0.25, -0.2) is 0 Å². The molecular weight excluding hydrogens is 327 g/mol. The monoisotopic (exact) mass is 336 g/mol. The second kappa shape index (κ2) is 9.23. The molecule has 0 spiro atoms. The molecule has 0 aliphatic carbocycles. The van der Waals surface area contributed by atoms with Crippen molar-refractivity contribution in [1.82, 2.24) is 0 Å². The summed E-state index contributed by atoms with van der Waals surface area (Å²) >= 11 is 0. The molecule has 2 N–H and O–H groups in total. The van der Waals surface area contributed by atoms with E-state index in [0.717, 1.165) is 0 Å². The Kier molecular flexibility index (Phi) is 10.4. The van der Waals surface area contributed by atoms with Gasteiger partial charge in [-0.2, -0.15) is 9.84 Å². The van der Waals surface area contributed by atoms with Gasteiger partial charge in [0.1, 0.15) is 0 Å². The zero-order valence-corrected chi connectivity index (χ0v) is 8.21. The van der Waals surface area contributed by atoms with E-state index in [0.29, 0.717) is 0 Å². The number of rotatable bonds is 0. The molecule has 1 unspecified atom stereocenters. The van der Waals surface area contributed by atoms with Crippen LogP contribution in [0.1, 0.15) is 0 Å². The molecule has 36 valence electrons. The van der Waals surface area contributed by atoms with E-state index in [4.69, 9.17) is 13.2 Å². The summed E-state index contributed by atoms with van der Waals surface area (Å²) in [5.41, 5.74) is 5.78. The Balaban J connectivity index is -0.0000000750. The summed E-state index contributed by atoms with van der Waals surface area (Å²) in [5.74, 6) is 0. The fourth-order valence-electron chi connectivity index (χ4n) is 0. The molecule has 0 saturated carbocycles. The molecule has 0 aromatic heterocycles. The van der Waals surface area contributed by atoms with Crippen LogP contribution < -0.4 is 0 Å². The SMILES string of the molecule is [3H]OC([NH-])=O.[3H]P.[U]. The van der Waals surface area contributed by atoms with E-state index in [9.17, 15) is 0 Å². The molecule has 3 nitrogen and oxygen atoms in total. The van der Waals surface area contributed by atoms with Gasteiger partial charge in [0, 0.05) is 31.1 Å². The van der Waals surface area contributed by atoms with Crippen LogP contribution in [0, 0.1) is 31.1 Å². The molecule has 1 amide bonds. The number of carbonyl (C=O) groups is 1. The van der Waals surface area contributed by atoms with Crippen molar-refractivity contribution < 1.29 is 41.0 Å². The van der Waals surface area contributed by atoms with Crippen LogP contribution in [0.15, 0.2) is 0 Å². The molecule has 0 aliphatic heterocycles. The zero-order valence-electron chi connectivity index (χ0n) is 4.89. The van der Waals surface area contributed by atoms with E-state index in [1.807, 2.05) is 0 Å². The summed E-state index contributed by atoms with van der Waals surface area (Å²) < 4.78 is 11.3. The summed E-state index contributed by atoms with van der Waals surface area (Å²) in [6.45, 7) is 0. The van der Waals surface area contributed by atoms with E-state index in [-0.39, 0.29) is 31.1 Å². The quantitative estimate of drug-likeness (QED) is 0.665. The second-order valence-corrected chi connectivity index (χ2v) is 0.287. The van der Waals surface area contributed by atoms with Gasteiger partial charge in [-0.05, 0) is 0 Å². The first-order valence-corrected chi connectivity index (χ1v) is 0.658. The fourth-order valence-corrected chi connectivity index (χ4v) is 0. The van der Waals surface area contributed by atoms with Gasteiger partial charge in [0.25, 0.3) is 1.43 Å². The minimum atomic E-state index is -1.33. The van der Waals surface area contributed by atoms with Crippen LogP contribution >= 0.6 is 9.84 Å². The van der Waals surface area contributed by atoms with Gasteiger partial charge in [-0.3, -0.25) is 4.79 Å². The van der Waals surface area contributed by atoms with Gasteiger partial charge in [-0.1, -0.05) is 0 Å². The van der Waals surface area contributed by atoms with E-state index in [2.05, 4.69) is 5.11 Å². The van der Waals surface area contributed by atoms with Crippen LogP contribution in [0.25, 0.3) is 7.16 Å². The normalized spacial score (nSPS) is 6.83. The summed E-state index contributed by atoms with van der Waals surface area (Å²) in [6, 6.07) is 0. The molecule has 0 rings (SSSR count). The number of nitrogens with one attached hydrogen (secondary N) is 1. The maximum absolute atomic E-state index is 9.07. The van der Waals surface area contributed by atoms with Crippen LogP contribution in [-0.2, 0) is 0 Å². The second-order valence-electron chi connectivity index (χ2n) is 0.287. The smallest absolute Gasteiger partial charge is 0.295 e. The maximum atomic E-state index is 9.07. The number of hydrogen-bond donors (Lipinski definition) is 1. The summed E-state index contributed by atoms with van der Waals surface area (Å²) in [5, 5.41) is 3.03. The first-order chi connectivity index (χ1) is 3.27. The Morgan fingerprint density at radius 3 is 2.33 bits per heavy atom. The van der Waals surface area contributed by atoms with Crippen molar-refractivity contribution in [1.29, 1.82) is 2.71 Å². The molecule has 0 heterocycles. The van der Waals surface area contributed by atoms with E-state index < -0.39 is 6.09 Å². The predicted octanol–water partition coefficient (Wildman–Crippen LogP) is 0.775. The van der Waals surface area contributed by atoms with Gasteiger partial charge in [-0.15, -0.1) is 0 Å². The van der Waals surface area contributed by atoms with Gasteiger partial charge in [0.05, 0.1) is 1.28 Å². The van der Waals surface area contributed by atoms with Crippen molar-refractivity contribution in [3.63, 3.8) is 0 Å². The summed E-state index contributed by atoms with van der Waals surface area (Å²) in [7, 11) is 1.67. The Bertz CT molecular complexity index is 55.3. The number of amides is 1. The van der Waals surface area contributed by atoms with Crippen molar-refractivity contribution in [3.8, 4) is 0 Å². The summed E-state index contributed by atoms with van der Waals surface area (Å²) in [4.78, 5) is 9.07. The third-order valence-corrected chi connectivity index (χ3v) is 0. The van der Waals surface area contributed by atoms with Gasteiger partial charge >= 0.3 is 0 Å². The first kappa shape index (κ1) is 6.75. The molecule has 0 aromatic carbocycles. The third-order valence-electron chi connectivity index (χ3n) is 0. The standard InChI is InChI=1S/CH2NO2.H3P.U/c2-1(3)4;;/h2H,(H,3,4);1H3;/q-1;;/i;1T;/hT. The first-order valence-electron chi connectivity index (χ1n) is 1.64. The minimum Gasteiger partial charge on any atom is -0.632 e. The van der Waals surface area contributed by atoms with Crippen molar-refractivity contribution in [2.24, 2.45) is 0 Å². The van der Waals surface area contributed by atoms with Crippen LogP contribution in [0.5, 0.6) is 0 Å². The molecule has 0 saturated heterocycles. The Morgan fingerprint density at radius 1 is 2.17 bits per heavy atom. The predicted molar refractivity (Wildman–Crippen MR) is 23.5 cm³/mol. The molecule has 0 aliphatic rings. The Morgan fingerprint density at radius 2 is 2.33 bits per heavy atom. The average Bonchev–Trinajstić information content (AvgIpc) is 1.73. The Hall–Kier alpha value is 0.752. The molecular formula is CH5NO2PU-. The van der Waals surface area contributed by atoms with Crippen LogP contribution in [0.3, 0.4) is 0 Å². The van der Waals surface area contributed by atoms with Crippen molar-refractivity contribution >= 4 is 15.9 Å². The minimum absolute atomic E-state index is 0. The Labute approximate surface area is 65.4 Å². The van der Waals surface area contributed by atoms with Crippen molar-refractivity contribution in [3.05, 3.63) is 5.73 Å². The van der Waals surface area contributed by atoms with Crippen molar-refractivity contribution in [2.45, 2.75) is 0 Å². The molecule has 0 radical (unpaired) electrons. The molecule has 1 atom stereocenters. The van der Waals surface area contributed by atoms with Gasteiger partial charge in [0.15, 0.2) is 0 Å². The van der Waals surface area contributed by atoms with Crippen LogP contribution in [0.2, 0.25) is 0 Å². The van der Waals surface area contributed by atoms with Crippen LogP contribution in [-0.4, -0.2) is 12.5 Å². The van der Waals surface area contributed by atoms with Crippen molar-refractivity contribution in [2.75, 3.05) is 0 Å². The molecule has 6 heavy (non-hydrogen) atoms. The number of carboxylic acid groups (broad SMARTS) is 1. The fraction of sp³-hybridized carbons (Fsp3) is 0. The topological polar surface area (TPSA) is 61.1 Å². The number of hydrogen-bond acceptors (Lipinski definition) is 2. The van der Waals surface area contributed by atoms with Gasteiger partial charge < -0.3 is 10.8 Å². The molecule has 5 heteroatoms. The third kappa shape index (κ3) is 118. The van der Waals surface area contributed by atoms with E-state index in [1.165, 1.54) is 0 Å². The van der Waals surface area contributed by atoms with E-state index in [1.54, 1.807) is 9.84 Å².